The van der Waals surface area contributed by atoms with E-state index in [0.717, 1.165) is 11.9 Å². The number of nitrogens with one attached hydrogen (secondary N) is 1. The Morgan fingerprint density at radius 2 is 1.86 bits per heavy atom. The summed E-state index contributed by atoms with van der Waals surface area (Å²) in [5, 5.41) is 26.0. The highest BCUT2D eigenvalue weighted by molar-refractivity contribution is 7.13. The smallest absolute Gasteiger partial charge is 0.410 e. The lowest BCUT2D eigenvalue weighted by Crippen LogP contribution is -2.61. The summed E-state index contributed by atoms with van der Waals surface area (Å²) in [4.78, 5) is 49.3. The summed E-state index contributed by atoms with van der Waals surface area (Å²) < 4.78 is 48.9. The molecule has 12 atom stereocenters. The minimum Gasteiger partial charge on any atom is -0.455 e. The molecular formula is C39H62FN7O9S. The number of thiazole rings is 1. The quantitative estimate of drug-likeness (QED) is 0.189. The minimum absolute atomic E-state index is 0.0966. The number of cyclic esters (lactones) is 1. The molecule has 3 aliphatic heterocycles. The van der Waals surface area contributed by atoms with Gasteiger partial charge in [-0.15, -0.1) is 16.4 Å². The number of likely N-dealkylation sites (N-methyl/N-ethyl adjacent to an activating group) is 1. The molecule has 0 aliphatic carbocycles. The molecule has 5 heterocycles. The number of carbonyl (C=O) groups excluding carboxylic acids is 3. The van der Waals surface area contributed by atoms with Crippen molar-refractivity contribution in [2.45, 2.75) is 159 Å². The molecule has 0 saturated carbocycles. The highest BCUT2D eigenvalue weighted by atomic mass is 32.1. The number of unbranched alkanes of at least 4 members (excludes halogenated alkanes) is 1. The molecule has 57 heavy (non-hydrogen) atoms. The largest absolute Gasteiger partial charge is 0.455 e. The highest BCUT2D eigenvalue weighted by Crippen LogP contribution is 2.40. The molecule has 0 spiro atoms. The SMILES string of the molecule is CC[C@H]1OC(=O)C(C)(F)C(=O)C[C@@H](O[C@@H]2O[C@H](C)CC(N(C)C)C2O)[C@](C)(OC)C[C@@H](C)CN[C@H](C)[C@H]2N(CCCCn3cc(-c4nccs4)nn3)C(=O)O[C@]12C. The fraction of sp³-hybridized carbons (Fsp3) is 0.795. The summed E-state index contributed by atoms with van der Waals surface area (Å²) in [6.45, 7) is 13.3. The lowest BCUT2D eigenvalue weighted by molar-refractivity contribution is -0.289. The fourth-order valence-corrected chi connectivity index (χ4v) is 9.13. The molecule has 0 aromatic carbocycles. The Morgan fingerprint density at radius 3 is 2.51 bits per heavy atom. The molecule has 5 rings (SSSR count). The van der Waals surface area contributed by atoms with Gasteiger partial charge < -0.3 is 39.0 Å². The van der Waals surface area contributed by atoms with Crippen LogP contribution in [0.3, 0.4) is 0 Å². The fourth-order valence-electron chi connectivity index (χ4n) is 8.55. The highest BCUT2D eigenvalue weighted by Gasteiger charge is 2.59. The van der Waals surface area contributed by atoms with Crippen LogP contribution < -0.4 is 5.32 Å². The van der Waals surface area contributed by atoms with Crippen LogP contribution in [0.1, 0.15) is 87.0 Å². The zero-order valence-electron chi connectivity index (χ0n) is 35.0. The number of Topliss-reactive ketones (excluding diaryl/α,β-unsaturated/α-hetero) is 1. The third kappa shape index (κ3) is 9.85. The molecule has 0 bridgehead atoms. The number of ketones is 1. The summed E-state index contributed by atoms with van der Waals surface area (Å²) in [5.41, 5.74) is -4.99. The molecule has 3 saturated heterocycles. The molecule has 2 aromatic heterocycles. The van der Waals surface area contributed by atoms with Gasteiger partial charge in [0.25, 0.3) is 5.67 Å². The Kier molecular flexibility index (Phi) is 14.5. The Hall–Kier alpha value is -3.13. The molecule has 3 fully saturated rings. The van der Waals surface area contributed by atoms with Crippen molar-refractivity contribution in [3.63, 3.8) is 0 Å². The standard InChI is InChI=1S/C39H62FN7O9S/c1-11-29-39(7)32(47(36(51)56-39)16-13-12-15-46-22-26(43-44-46)33-41-14-17-57-33)25(4)42-21-23(2)20-37(5,52-10)30(19-28(48)38(6,40)35(50)55-29)54-34-31(49)27(45(8)9)18-24(3)53-34/h14,17,22-25,27,29-32,34,42,49H,11-13,15-16,18-21H2,1-10H3/t23-,24-,25-,27?,29-,30-,31?,32-,34+,37-,38?,39-/m1/s1. The van der Waals surface area contributed by atoms with Gasteiger partial charge in [0.15, 0.2) is 17.7 Å². The van der Waals surface area contributed by atoms with Crippen LogP contribution in [0.4, 0.5) is 9.18 Å². The van der Waals surface area contributed by atoms with Gasteiger partial charge in [-0.1, -0.05) is 19.1 Å². The number of hydrogen-bond donors (Lipinski definition) is 2. The Morgan fingerprint density at radius 1 is 1.14 bits per heavy atom. The van der Waals surface area contributed by atoms with Gasteiger partial charge in [-0.2, -0.15) is 0 Å². The van der Waals surface area contributed by atoms with E-state index in [1.54, 1.807) is 36.5 Å². The number of aryl methyl sites for hydroxylation is 1. The number of esters is 1. The molecule has 16 nitrogen and oxygen atoms in total. The predicted octanol–water partition coefficient (Wildman–Crippen LogP) is 4.00. The van der Waals surface area contributed by atoms with Crippen LogP contribution in [0, 0.1) is 5.92 Å². The number of alkyl halides is 1. The number of fused-ring (bicyclic) bond motifs is 1. The van der Waals surface area contributed by atoms with E-state index in [9.17, 15) is 19.5 Å². The number of nitrogens with zero attached hydrogens (tertiary/aromatic N) is 6. The molecule has 2 aromatic rings. The number of rotatable bonds is 11. The van der Waals surface area contributed by atoms with E-state index in [1.165, 1.54) is 18.4 Å². The molecule has 3 unspecified atom stereocenters. The first-order valence-electron chi connectivity index (χ1n) is 20.0. The maximum absolute atomic E-state index is 16.7. The van der Waals surface area contributed by atoms with Gasteiger partial charge in [0, 0.05) is 50.3 Å². The zero-order valence-corrected chi connectivity index (χ0v) is 35.8. The van der Waals surface area contributed by atoms with Crippen molar-refractivity contribution in [3.8, 4) is 10.7 Å². The monoisotopic (exact) mass is 823 g/mol. The number of halogens is 1. The second-order valence-electron chi connectivity index (χ2n) is 16.8. The number of hydrogen-bond acceptors (Lipinski definition) is 15. The van der Waals surface area contributed by atoms with Gasteiger partial charge in [0.05, 0.1) is 30.0 Å². The van der Waals surface area contributed by atoms with Crippen LogP contribution in [-0.4, -0.2) is 153 Å². The first kappa shape index (κ1) is 45.0. The maximum atomic E-state index is 16.7. The Balaban J connectivity index is 1.39. The maximum Gasteiger partial charge on any atom is 0.410 e. The van der Waals surface area contributed by atoms with E-state index in [4.69, 9.17) is 23.7 Å². The molecule has 18 heteroatoms. The van der Waals surface area contributed by atoms with Gasteiger partial charge in [-0.3, -0.25) is 14.4 Å². The number of aliphatic hydroxyl groups is 1. The normalized spacial score (nSPS) is 37.4. The van der Waals surface area contributed by atoms with E-state index in [-0.39, 0.29) is 30.5 Å². The van der Waals surface area contributed by atoms with Gasteiger partial charge in [-0.05, 0) is 93.3 Å². The number of ether oxygens (including phenoxy) is 5. The summed E-state index contributed by atoms with van der Waals surface area (Å²) in [6.07, 6.45) is 0.0451. The van der Waals surface area contributed by atoms with Crippen molar-refractivity contribution < 1.29 is 47.6 Å². The van der Waals surface area contributed by atoms with E-state index >= 15 is 4.39 Å². The van der Waals surface area contributed by atoms with Crippen molar-refractivity contribution >= 4 is 29.2 Å². The molecule has 2 N–H and O–H groups in total. The number of methoxy groups -OCH3 is 1. The second kappa shape index (κ2) is 18.4. The van der Waals surface area contributed by atoms with E-state index < -0.39 is 71.8 Å². The van der Waals surface area contributed by atoms with E-state index in [0.29, 0.717) is 51.0 Å². The number of aromatic nitrogens is 4. The Bertz CT molecular complexity index is 1670. The lowest BCUT2D eigenvalue weighted by Gasteiger charge is -2.45. The lowest BCUT2D eigenvalue weighted by atomic mass is 9.83. The Labute approximate surface area is 339 Å². The van der Waals surface area contributed by atoms with Crippen molar-refractivity contribution in [1.29, 1.82) is 0 Å². The van der Waals surface area contributed by atoms with E-state index in [2.05, 4.69) is 20.6 Å². The third-order valence-electron chi connectivity index (χ3n) is 12.0. The average Bonchev–Trinajstić information content (AvgIpc) is 3.91. The topological polar surface area (TPSA) is 180 Å². The molecule has 1 amide bonds. The van der Waals surface area contributed by atoms with Crippen LogP contribution in [0.5, 0.6) is 0 Å². The summed E-state index contributed by atoms with van der Waals surface area (Å²) in [5.74, 6) is -2.57. The number of carbonyl (C=O) groups is 3. The van der Waals surface area contributed by atoms with Crippen LogP contribution in [0.25, 0.3) is 10.7 Å². The second-order valence-corrected chi connectivity index (χ2v) is 17.6. The zero-order chi connectivity index (χ0) is 41.9. The van der Waals surface area contributed by atoms with Crippen LogP contribution in [0.15, 0.2) is 17.8 Å². The van der Waals surface area contributed by atoms with Crippen molar-refractivity contribution in [2.24, 2.45) is 5.92 Å². The average molecular weight is 824 g/mol. The van der Waals surface area contributed by atoms with Crippen LogP contribution >= 0.6 is 11.3 Å². The van der Waals surface area contributed by atoms with Crippen molar-refractivity contribution in [1.82, 2.24) is 35.1 Å². The predicted molar refractivity (Wildman–Crippen MR) is 209 cm³/mol. The summed E-state index contributed by atoms with van der Waals surface area (Å²) in [7, 11) is 5.19. The molecule has 0 radical (unpaired) electrons. The number of aliphatic hydroxyl groups excluding tert-OH is 1. The van der Waals surface area contributed by atoms with E-state index in [1.807, 2.05) is 51.3 Å². The summed E-state index contributed by atoms with van der Waals surface area (Å²) in [6, 6.07) is -1.31. The van der Waals surface area contributed by atoms with Gasteiger partial charge >= 0.3 is 12.1 Å². The summed E-state index contributed by atoms with van der Waals surface area (Å²) >= 11 is 1.48. The van der Waals surface area contributed by atoms with Crippen molar-refractivity contribution in [3.05, 3.63) is 17.8 Å². The minimum atomic E-state index is -3.10. The molecular weight excluding hydrogens is 762 g/mol. The van der Waals surface area contributed by atoms with Crippen molar-refractivity contribution in [2.75, 3.05) is 34.3 Å². The van der Waals surface area contributed by atoms with Gasteiger partial charge in [-0.25, -0.2) is 19.0 Å². The van der Waals surface area contributed by atoms with Gasteiger partial charge in [0.1, 0.15) is 22.9 Å². The van der Waals surface area contributed by atoms with Crippen LogP contribution in [-0.2, 0) is 39.8 Å². The van der Waals surface area contributed by atoms with Crippen LogP contribution in [0.2, 0.25) is 0 Å². The third-order valence-corrected chi connectivity index (χ3v) is 12.8. The first-order valence-corrected chi connectivity index (χ1v) is 20.9. The first-order chi connectivity index (χ1) is 26.8. The van der Waals surface area contributed by atoms with Gasteiger partial charge in [0.2, 0.25) is 0 Å². The number of amides is 1. The molecule has 320 valence electrons. The molecule has 3 aliphatic rings.